The molecular weight excluding hydrogens is 297 g/mol. The second-order valence-electron chi connectivity index (χ2n) is 6.34. The standard InChI is InChI=1S/C14H25N3O.2ClH/c15-13-4-3-12(9-13)14(18)17-7-5-16(6-8-17)10-11-1-2-11;;/h11-13H,1-10,15H2;2*1H. The molecule has 2 saturated carbocycles. The maximum absolute atomic E-state index is 12.3. The number of carbonyl (C=O) groups excluding carboxylic acids is 1. The Labute approximate surface area is 134 Å². The minimum atomic E-state index is 0. The summed E-state index contributed by atoms with van der Waals surface area (Å²) in [4.78, 5) is 16.9. The first-order chi connectivity index (χ1) is 8.72. The van der Waals surface area contributed by atoms with E-state index in [1.807, 2.05) is 0 Å². The zero-order valence-electron chi connectivity index (χ0n) is 12.0. The van der Waals surface area contributed by atoms with Crippen LogP contribution < -0.4 is 5.73 Å². The van der Waals surface area contributed by atoms with Gasteiger partial charge < -0.3 is 10.6 Å². The average molecular weight is 324 g/mol. The molecule has 1 heterocycles. The molecule has 118 valence electrons. The van der Waals surface area contributed by atoms with Gasteiger partial charge in [-0.1, -0.05) is 0 Å². The Balaban J connectivity index is 0.000001000. The number of piperazine rings is 1. The number of hydrogen-bond acceptors (Lipinski definition) is 3. The van der Waals surface area contributed by atoms with Crippen molar-refractivity contribution in [3.8, 4) is 0 Å². The molecule has 2 aliphatic carbocycles. The SMILES string of the molecule is Cl.Cl.NC1CCC(C(=O)N2CCN(CC3CC3)CC2)C1. The van der Waals surface area contributed by atoms with Gasteiger partial charge in [-0.25, -0.2) is 0 Å². The van der Waals surface area contributed by atoms with Gasteiger partial charge >= 0.3 is 0 Å². The Kier molecular flexibility index (Phi) is 7.06. The summed E-state index contributed by atoms with van der Waals surface area (Å²) in [6.07, 6.45) is 5.76. The van der Waals surface area contributed by atoms with Gasteiger partial charge in [-0.15, -0.1) is 24.8 Å². The van der Waals surface area contributed by atoms with E-state index in [4.69, 9.17) is 5.73 Å². The van der Waals surface area contributed by atoms with Crippen LogP contribution in [0.25, 0.3) is 0 Å². The Bertz CT molecular complexity index is 318. The van der Waals surface area contributed by atoms with Crippen molar-refractivity contribution < 1.29 is 4.79 Å². The van der Waals surface area contributed by atoms with Crippen molar-refractivity contribution in [3.05, 3.63) is 0 Å². The van der Waals surface area contributed by atoms with Gasteiger partial charge in [0, 0.05) is 44.7 Å². The number of rotatable bonds is 3. The quantitative estimate of drug-likeness (QED) is 0.856. The van der Waals surface area contributed by atoms with E-state index in [1.54, 1.807) is 0 Å². The van der Waals surface area contributed by atoms with Gasteiger partial charge in [0.1, 0.15) is 0 Å². The van der Waals surface area contributed by atoms with E-state index in [2.05, 4.69) is 9.80 Å². The first kappa shape index (κ1) is 18.0. The Morgan fingerprint density at radius 1 is 1.00 bits per heavy atom. The highest BCUT2D eigenvalue weighted by molar-refractivity contribution is 5.85. The molecule has 4 nitrogen and oxygen atoms in total. The van der Waals surface area contributed by atoms with E-state index in [0.717, 1.165) is 51.4 Å². The van der Waals surface area contributed by atoms with Crippen molar-refractivity contribution in [2.75, 3.05) is 32.7 Å². The molecular formula is C14H27Cl2N3O. The monoisotopic (exact) mass is 323 g/mol. The summed E-state index contributed by atoms with van der Waals surface area (Å²) in [7, 11) is 0. The molecule has 1 aliphatic heterocycles. The van der Waals surface area contributed by atoms with Crippen LogP contribution in [0.15, 0.2) is 0 Å². The topological polar surface area (TPSA) is 49.6 Å². The van der Waals surface area contributed by atoms with Gasteiger partial charge in [-0.05, 0) is 38.0 Å². The molecule has 0 aromatic heterocycles. The number of amides is 1. The molecule has 2 N–H and O–H groups in total. The second kappa shape index (κ2) is 7.83. The zero-order valence-corrected chi connectivity index (χ0v) is 13.6. The first-order valence-corrected chi connectivity index (χ1v) is 7.49. The van der Waals surface area contributed by atoms with Gasteiger partial charge in [-0.2, -0.15) is 0 Å². The lowest BCUT2D eigenvalue weighted by atomic mass is 10.1. The maximum Gasteiger partial charge on any atom is 0.225 e. The molecule has 0 aromatic rings. The number of nitrogens with two attached hydrogens (primary N) is 1. The predicted molar refractivity (Wildman–Crippen MR) is 85.6 cm³/mol. The fourth-order valence-corrected chi connectivity index (χ4v) is 3.32. The maximum atomic E-state index is 12.3. The average Bonchev–Trinajstić information content (AvgIpc) is 3.09. The van der Waals surface area contributed by atoms with Crippen molar-refractivity contribution in [1.29, 1.82) is 0 Å². The van der Waals surface area contributed by atoms with E-state index in [-0.39, 0.29) is 36.8 Å². The molecule has 0 spiro atoms. The van der Waals surface area contributed by atoms with Gasteiger partial charge in [-0.3, -0.25) is 9.69 Å². The van der Waals surface area contributed by atoms with Crippen LogP contribution in [0.2, 0.25) is 0 Å². The molecule has 20 heavy (non-hydrogen) atoms. The summed E-state index contributed by atoms with van der Waals surface area (Å²) in [5, 5.41) is 0. The van der Waals surface area contributed by atoms with E-state index >= 15 is 0 Å². The van der Waals surface area contributed by atoms with E-state index in [1.165, 1.54) is 19.4 Å². The normalized spacial score (nSPS) is 30.6. The summed E-state index contributed by atoms with van der Waals surface area (Å²) < 4.78 is 0. The highest BCUT2D eigenvalue weighted by Gasteiger charge is 2.33. The lowest BCUT2D eigenvalue weighted by molar-refractivity contribution is -0.137. The van der Waals surface area contributed by atoms with Crippen molar-refractivity contribution in [2.45, 2.75) is 38.1 Å². The first-order valence-electron chi connectivity index (χ1n) is 7.49. The minimum absolute atomic E-state index is 0. The fraction of sp³-hybridized carbons (Fsp3) is 0.929. The minimum Gasteiger partial charge on any atom is -0.340 e. The Morgan fingerprint density at radius 3 is 2.15 bits per heavy atom. The van der Waals surface area contributed by atoms with E-state index < -0.39 is 0 Å². The van der Waals surface area contributed by atoms with Crippen molar-refractivity contribution in [1.82, 2.24) is 9.80 Å². The van der Waals surface area contributed by atoms with Crippen LogP contribution in [0.5, 0.6) is 0 Å². The highest BCUT2D eigenvalue weighted by Crippen LogP contribution is 2.30. The molecule has 0 aromatic carbocycles. The summed E-state index contributed by atoms with van der Waals surface area (Å²) in [6.45, 7) is 5.26. The van der Waals surface area contributed by atoms with Crippen LogP contribution in [0.3, 0.4) is 0 Å². The molecule has 2 atom stereocenters. The van der Waals surface area contributed by atoms with Crippen molar-refractivity contribution >= 4 is 30.7 Å². The third-order valence-electron chi connectivity index (χ3n) is 4.72. The largest absolute Gasteiger partial charge is 0.340 e. The molecule has 1 saturated heterocycles. The lowest BCUT2D eigenvalue weighted by Crippen LogP contribution is -2.50. The number of nitrogens with zero attached hydrogens (tertiary/aromatic N) is 2. The van der Waals surface area contributed by atoms with Crippen LogP contribution in [-0.2, 0) is 4.79 Å². The second-order valence-corrected chi connectivity index (χ2v) is 6.34. The van der Waals surface area contributed by atoms with Crippen LogP contribution in [0.4, 0.5) is 0 Å². The predicted octanol–water partition coefficient (Wildman–Crippen LogP) is 1.51. The Hall–Kier alpha value is -0.0300. The molecule has 0 bridgehead atoms. The third kappa shape index (κ3) is 4.48. The van der Waals surface area contributed by atoms with Gasteiger partial charge in [0.2, 0.25) is 5.91 Å². The summed E-state index contributed by atoms with van der Waals surface area (Å²) >= 11 is 0. The molecule has 3 aliphatic rings. The van der Waals surface area contributed by atoms with Crippen LogP contribution in [0, 0.1) is 11.8 Å². The Morgan fingerprint density at radius 2 is 1.65 bits per heavy atom. The van der Waals surface area contributed by atoms with Gasteiger partial charge in [0.25, 0.3) is 0 Å². The van der Waals surface area contributed by atoms with Crippen molar-refractivity contribution in [2.24, 2.45) is 17.6 Å². The lowest BCUT2D eigenvalue weighted by Gasteiger charge is -2.36. The summed E-state index contributed by atoms with van der Waals surface area (Å²) in [5.41, 5.74) is 5.90. The van der Waals surface area contributed by atoms with Gasteiger partial charge in [0.15, 0.2) is 0 Å². The molecule has 3 fully saturated rings. The number of carbonyl (C=O) groups is 1. The number of halogens is 2. The van der Waals surface area contributed by atoms with E-state index in [9.17, 15) is 4.79 Å². The molecule has 1 amide bonds. The highest BCUT2D eigenvalue weighted by atomic mass is 35.5. The zero-order chi connectivity index (χ0) is 12.5. The molecule has 3 rings (SSSR count). The van der Waals surface area contributed by atoms with Crippen LogP contribution in [0.1, 0.15) is 32.1 Å². The molecule has 0 radical (unpaired) electrons. The summed E-state index contributed by atoms with van der Waals surface area (Å²) in [5.74, 6) is 1.55. The van der Waals surface area contributed by atoms with Gasteiger partial charge in [0.05, 0.1) is 0 Å². The van der Waals surface area contributed by atoms with E-state index in [0.29, 0.717) is 5.91 Å². The number of hydrogen-bond donors (Lipinski definition) is 1. The van der Waals surface area contributed by atoms with Crippen molar-refractivity contribution in [3.63, 3.8) is 0 Å². The molecule has 6 heteroatoms. The smallest absolute Gasteiger partial charge is 0.225 e. The summed E-state index contributed by atoms with van der Waals surface area (Å²) in [6, 6.07) is 0.259. The fourth-order valence-electron chi connectivity index (χ4n) is 3.32. The molecule has 2 unspecified atom stereocenters. The van der Waals surface area contributed by atoms with Crippen LogP contribution in [-0.4, -0.2) is 54.5 Å². The van der Waals surface area contributed by atoms with Crippen LogP contribution >= 0.6 is 24.8 Å². The third-order valence-corrected chi connectivity index (χ3v) is 4.72.